The summed E-state index contributed by atoms with van der Waals surface area (Å²) >= 11 is 0. The van der Waals surface area contributed by atoms with Crippen molar-refractivity contribution < 1.29 is 24.4 Å². The van der Waals surface area contributed by atoms with Gasteiger partial charge >= 0.3 is 11.7 Å². The van der Waals surface area contributed by atoms with Crippen molar-refractivity contribution in [2.75, 3.05) is 11.9 Å². The number of nitro benzene ring substituents is 1. The summed E-state index contributed by atoms with van der Waals surface area (Å²) in [6.07, 6.45) is 0. The number of rotatable bonds is 5. The van der Waals surface area contributed by atoms with Crippen molar-refractivity contribution in [3.8, 4) is 5.75 Å². The summed E-state index contributed by atoms with van der Waals surface area (Å²) in [4.78, 5) is 32.1. The predicted octanol–water partition coefficient (Wildman–Crippen LogP) is 1.65. The second-order valence-corrected chi connectivity index (χ2v) is 3.54. The van der Waals surface area contributed by atoms with Crippen LogP contribution in [0.2, 0.25) is 0 Å². The molecule has 1 aromatic carbocycles. The maximum absolute atomic E-state index is 11.0. The topological polar surface area (TPSA) is 119 Å². The number of carboxylic acids is 1. The van der Waals surface area contributed by atoms with E-state index in [4.69, 9.17) is 9.84 Å². The highest BCUT2D eigenvalue weighted by Gasteiger charge is 2.23. The smallest absolute Gasteiger partial charge is 0.338 e. The summed E-state index contributed by atoms with van der Waals surface area (Å²) < 4.78 is 5.07. The van der Waals surface area contributed by atoms with Crippen molar-refractivity contribution >= 4 is 23.3 Å². The number of nitrogens with zero attached hydrogens (tertiary/aromatic N) is 1. The zero-order valence-corrected chi connectivity index (χ0v) is 10.3. The number of aromatic carboxylic acids is 1. The molecule has 102 valence electrons. The van der Waals surface area contributed by atoms with Crippen LogP contribution >= 0.6 is 0 Å². The number of nitrogens with one attached hydrogen (secondary N) is 1. The van der Waals surface area contributed by atoms with Gasteiger partial charge in [-0.25, -0.2) is 4.79 Å². The first-order valence-corrected chi connectivity index (χ1v) is 5.33. The Kier molecular flexibility index (Phi) is 4.41. The summed E-state index contributed by atoms with van der Waals surface area (Å²) in [5, 5.41) is 22.1. The lowest BCUT2D eigenvalue weighted by molar-refractivity contribution is -0.385. The van der Waals surface area contributed by atoms with Crippen LogP contribution in [0.3, 0.4) is 0 Å². The summed E-state index contributed by atoms with van der Waals surface area (Å²) in [6, 6.07) is 1.99. The van der Waals surface area contributed by atoms with Gasteiger partial charge in [0, 0.05) is 19.1 Å². The van der Waals surface area contributed by atoms with E-state index in [0.717, 1.165) is 12.1 Å². The van der Waals surface area contributed by atoms with E-state index in [1.165, 1.54) is 6.92 Å². The number of hydrogen-bond donors (Lipinski definition) is 2. The van der Waals surface area contributed by atoms with Crippen molar-refractivity contribution in [3.63, 3.8) is 0 Å². The highest BCUT2D eigenvalue weighted by atomic mass is 16.6. The minimum atomic E-state index is -1.38. The molecule has 0 saturated heterocycles. The van der Waals surface area contributed by atoms with Crippen LogP contribution in [0.1, 0.15) is 24.2 Å². The number of hydrogen-bond acceptors (Lipinski definition) is 5. The van der Waals surface area contributed by atoms with E-state index in [-0.39, 0.29) is 23.6 Å². The van der Waals surface area contributed by atoms with E-state index in [1.807, 2.05) is 0 Å². The lowest BCUT2D eigenvalue weighted by atomic mass is 10.1. The average Bonchev–Trinajstić information content (AvgIpc) is 2.27. The standard InChI is InChI=1S/C11H12N2O6/c1-3-19-10-5-8(12-6(2)14)7(11(15)16)4-9(10)13(17)18/h4-5H,3H2,1-2H3,(H,12,14)(H,15,16). The number of amides is 1. The van der Waals surface area contributed by atoms with Gasteiger partial charge in [0.05, 0.1) is 22.8 Å². The lowest BCUT2D eigenvalue weighted by Crippen LogP contribution is -2.12. The molecule has 2 N–H and O–H groups in total. The van der Waals surface area contributed by atoms with E-state index in [9.17, 15) is 19.7 Å². The van der Waals surface area contributed by atoms with Gasteiger partial charge < -0.3 is 15.2 Å². The van der Waals surface area contributed by atoms with Gasteiger partial charge in [0.1, 0.15) is 0 Å². The van der Waals surface area contributed by atoms with Gasteiger partial charge in [0.2, 0.25) is 5.91 Å². The van der Waals surface area contributed by atoms with Crippen LogP contribution in [0.15, 0.2) is 12.1 Å². The number of carbonyl (C=O) groups excluding carboxylic acids is 1. The summed E-state index contributed by atoms with van der Waals surface area (Å²) in [5.41, 5.74) is -0.882. The molecule has 0 aromatic heterocycles. The number of carbonyl (C=O) groups is 2. The molecule has 0 atom stereocenters. The fourth-order valence-corrected chi connectivity index (χ4v) is 1.45. The Morgan fingerprint density at radius 2 is 2.11 bits per heavy atom. The van der Waals surface area contributed by atoms with Gasteiger partial charge in [-0.05, 0) is 6.92 Å². The molecule has 0 bridgehead atoms. The molecule has 0 radical (unpaired) electrons. The molecule has 0 aliphatic heterocycles. The predicted molar refractivity (Wildman–Crippen MR) is 65.5 cm³/mol. The maximum atomic E-state index is 11.0. The summed E-state index contributed by atoms with van der Waals surface area (Å²) in [6.45, 7) is 3.01. The summed E-state index contributed by atoms with van der Waals surface area (Å²) in [5.74, 6) is -1.96. The number of anilines is 1. The SMILES string of the molecule is CCOc1cc(NC(C)=O)c(C(=O)O)cc1[N+](=O)[O-]. The van der Waals surface area contributed by atoms with Crippen LogP contribution in [0.4, 0.5) is 11.4 Å². The Morgan fingerprint density at radius 1 is 1.47 bits per heavy atom. The third kappa shape index (κ3) is 3.41. The fraction of sp³-hybridized carbons (Fsp3) is 0.273. The van der Waals surface area contributed by atoms with Gasteiger partial charge in [0.15, 0.2) is 5.75 Å². The van der Waals surface area contributed by atoms with Gasteiger partial charge in [-0.1, -0.05) is 0 Å². The Morgan fingerprint density at radius 3 is 2.53 bits per heavy atom. The van der Waals surface area contributed by atoms with Crippen molar-refractivity contribution in [2.24, 2.45) is 0 Å². The Balaban J connectivity index is 3.44. The lowest BCUT2D eigenvalue weighted by Gasteiger charge is -2.10. The van der Waals surface area contributed by atoms with E-state index >= 15 is 0 Å². The van der Waals surface area contributed by atoms with Crippen LogP contribution in [-0.4, -0.2) is 28.5 Å². The number of nitro groups is 1. The molecular formula is C11H12N2O6. The first-order chi connectivity index (χ1) is 8.86. The molecule has 0 aliphatic carbocycles. The van der Waals surface area contributed by atoms with E-state index in [1.54, 1.807) is 6.92 Å². The van der Waals surface area contributed by atoms with Crippen molar-refractivity contribution in [1.29, 1.82) is 0 Å². The van der Waals surface area contributed by atoms with Crippen LogP contribution in [0, 0.1) is 10.1 Å². The molecule has 1 rings (SSSR count). The largest absolute Gasteiger partial charge is 0.487 e. The van der Waals surface area contributed by atoms with Gasteiger partial charge in [-0.3, -0.25) is 14.9 Å². The van der Waals surface area contributed by atoms with Crippen LogP contribution in [0.5, 0.6) is 5.75 Å². The number of carboxylic acid groups (broad SMARTS) is 1. The normalized spacial score (nSPS) is 9.79. The second-order valence-electron chi connectivity index (χ2n) is 3.54. The molecular weight excluding hydrogens is 256 g/mol. The molecule has 8 nitrogen and oxygen atoms in total. The van der Waals surface area contributed by atoms with E-state index in [0.29, 0.717) is 0 Å². The molecule has 8 heteroatoms. The highest BCUT2D eigenvalue weighted by molar-refractivity contribution is 6.01. The quantitative estimate of drug-likeness (QED) is 0.619. The molecule has 1 amide bonds. The molecule has 0 fully saturated rings. The first-order valence-electron chi connectivity index (χ1n) is 5.33. The zero-order valence-electron chi connectivity index (χ0n) is 10.3. The van der Waals surface area contributed by atoms with Crippen molar-refractivity contribution in [1.82, 2.24) is 0 Å². The Hall–Kier alpha value is -2.64. The molecule has 0 spiro atoms. The third-order valence-electron chi connectivity index (χ3n) is 2.14. The molecule has 0 saturated carbocycles. The monoisotopic (exact) mass is 268 g/mol. The zero-order chi connectivity index (χ0) is 14.6. The molecule has 1 aromatic rings. The fourth-order valence-electron chi connectivity index (χ4n) is 1.45. The van der Waals surface area contributed by atoms with Gasteiger partial charge in [-0.15, -0.1) is 0 Å². The summed E-state index contributed by atoms with van der Waals surface area (Å²) in [7, 11) is 0. The Bertz CT molecular complexity index is 540. The minimum Gasteiger partial charge on any atom is -0.487 e. The third-order valence-corrected chi connectivity index (χ3v) is 2.14. The molecule has 19 heavy (non-hydrogen) atoms. The van der Waals surface area contributed by atoms with Gasteiger partial charge in [-0.2, -0.15) is 0 Å². The molecule has 0 aliphatic rings. The van der Waals surface area contributed by atoms with E-state index in [2.05, 4.69) is 5.32 Å². The second kappa shape index (κ2) is 5.80. The molecule has 0 unspecified atom stereocenters. The van der Waals surface area contributed by atoms with Crippen molar-refractivity contribution in [2.45, 2.75) is 13.8 Å². The van der Waals surface area contributed by atoms with Crippen LogP contribution in [0.25, 0.3) is 0 Å². The van der Waals surface area contributed by atoms with Gasteiger partial charge in [0.25, 0.3) is 0 Å². The first kappa shape index (κ1) is 14.4. The number of benzene rings is 1. The molecule has 0 heterocycles. The van der Waals surface area contributed by atoms with E-state index < -0.39 is 22.5 Å². The minimum absolute atomic E-state index is 0.0472. The van der Waals surface area contributed by atoms with Crippen LogP contribution in [-0.2, 0) is 4.79 Å². The highest BCUT2D eigenvalue weighted by Crippen LogP contribution is 2.33. The number of ether oxygens (including phenoxy) is 1. The Labute approximate surface area is 108 Å². The maximum Gasteiger partial charge on any atom is 0.338 e. The average molecular weight is 268 g/mol. The van der Waals surface area contributed by atoms with Crippen LogP contribution < -0.4 is 10.1 Å². The van der Waals surface area contributed by atoms with Crippen molar-refractivity contribution in [3.05, 3.63) is 27.8 Å².